The van der Waals surface area contributed by atoms with Crippen molar-refractivity contribution in [3.05, 3.63) is 115 Å². The summed E-state index contributed by atoms with van der Waals surface area (Å²) in [5.74, 6) is 1.38. The first-order chi connectivity index (χ1) is 17.7. The number of fused-ring (bicyclic) bond motifs is 6. The predicted molar refractivity (Wildman–Crippen MR) is 151 cm³/mol. The summed E-state index contributed by atoms with van der Waals surface area (Å²) < 4.78 is 1.17. The van der Waals surface area contributed by atoms with Crippen LogP contribution in [0.25, 0.3) is 32.4 Å². The molecule has 3 fully saturated rings. The molecule has 178 valence electrons. The fraction of sp³-hybridized carbons (Fsp3) is 0.265. The van der Waals surface area contributed by atoms with Crippen LogP contribution in [0.2, 0.25) is 0 Å². The van der Waals surface area contributed by atoms with Crippen LogP contribution in [0.15, 0.2) is 104 Å². The van der Waals surface area contributed by atoms with E-state index in [4.69, 9.17) is 0 Å². The highest BCUT2D eigenvalue weighted by molar-refractivity contribution is 6.02. The molecule has 3 aliphatic rings. The highest BCUT2D eigenvalue weighted by atomic mass is 15.4. The van der Waals surface area contributed by atoms with Gasteiger partial charge in [0.25, 0.3) is 0 Å². The van der Waals surface area contributed by atoms with E-state index in [0.717, 1.165) is 24.4 Å². The Kier molecular flexibility index (Phi) is 5.18. The van der Waals surface area contributed by atoms with Gasteiger partial charge in [-0.05, 0) is 51.2 Å². The summed E-state index contributed by atoms with van der Waals surface area (Å²) in [5, 5.41) is 6.86. The molecule has 0 aliphatic carbocycles. The molecule has 0 amide bonds. The topological polar surface area (TPSA) is 12.9 Å². The van der Waals surface area contributed by atoms with Crippen molar-refractivity contribution < 1.29 is 4.48 Å². The molecule has 4 aromatic carbocycles. The molecule has 0 saturated carbocycles. The quantitative estimate of drug-likeness (QED) is 0.146. The first-order valence-corrected chi connectivity index (χ1v) is 13.4. The van der Waals surface area contributed by atoms with Crippen LogP contribution >= 0.6 is 0 Å². The van der Waals surface area contributed by atoms with Gasteiger partial charge in [-0.1, -0.05) is 72.8 Å². The van der Waals surface area contributed by atoms with Gasteiger partial charge in [0.15, 0.2) is 0 Å². The highest BCUT2D eigenvalue weighted by Gasteiger charge is 2.51. The van der Waals surface area contributed by atoms with E-state index in [1.165, 1.54) is 68.5 Å². The lowest BCUT2D eigenvalue weighted by Gasteiger charge is -2.57. The number of hydrogen-bond acceptors (Lipinski definition) is 1. The average Bonchev–Trinajstić information content (AvgIpc) is 2.93. The standard InChI is InChI=1S/C34H33N2/c1-2-24-22-36(23-33-30-11-5-3-9-26(30)19-27-10-4-6-12-31(27)33)18-16-25(24)20-29(36)21-28-15-17-35-34-14-8-7-13-32(28)34/h2-15,17,19,24-25,29H,1,16,18,20-23H2/q+1/t24-,25-,29+,36-/m0/s1. The van der Waals surface area contributed by atoms with E-state index in [1.807, 2.05) is 6.20 Å². The number of aromatic nitrogens is 1. The minimum atomic E-state index is 0.614. The van der Waals surface area contributed by atoms with Crippen molar-refractivity contribution in [2.45, 2.75) is 31.8 Å². The van der Waals surface area contributed by atoms with Crippen molar-refractivity contribution >= 4 is 32.4 Å². The van der Waals surface area contributed by atoms with Crippen molar-refractivity contribution in [3.63, 3.8) is 0 Å². The molecule has 5 aromatic rings. The number of piperidine rings is 3. The van der Waals surface area contributed by atoms with E-state index in [1.54, 1.807) is 0 Å². The molecular weight excluding hydrogens is 436 g/mol. The van der Waals surface area contributed by atoms with Crippen molar-refractivity contribution in [1.29, 1.82) is 0 Å². The van der Waals surface area contributed by atoms with Crippen molar-refractivity contribution in [3.8, 4) is 0 Å². The third kappa shape index (κ3) is 3.47. The first kappa shape index (κ1) is 21.8. The number of pyridine rings is 1. The van der Waals surface area contributed by atoms with E-state index in [2.05, 4.69) is 103 Å². The predicted octanol–water partition coefficient (Wildman–Crippen LogP) is 7.70. The zero-order valence-electron chi connectivity index (χ0n) is 20.8. The van der Waals surface area contributed by atoms with Gasteiger partial charge in [0.1, 0.15) is 6.54 Å². The second-order valence-electron chi connectivity index (χ2n) is 11.1. The fourth-order valence-corrected chi connectivity index (χ4v) is 7.49. The number of benzene rings is 4. The molecule has 0 radical (unpaired) electrons. The van der Waals surface area contributed by atoms with E-state index >= 15 is 0 Å². The zero-order valence-corrected chi connectivity index (χ0v) is 20.8. The number of quaternary nitrogens is 1. The summed E-state index contributed by atoms with van der Waals surface area (Å²) in [6, 6.07) is 31.9. The molecule has 4 atom stereocenters. The van der Waals surface area contributed by atoms with Crippen LogP contribution in [0, 0.1) is 11.8 Å². The zero-order chi connectivity index (χ0) is 24.1. The first-order valence-electron chi connectivity index (χ1n) is 13.4. The Morgan fingerprint density at radius 3 is 2.31 bits per heavy atom. The second-order valence-corrected chi connectivity index (χ2v) is 11.1. The molecule has 0 N–H and O–H groups in total. The monoisotopic (exact) mass is 469 g/mol. The fourth-order valence-electron chi connectivity index (χ4n) is 7.49. The minimum absolute atomic E-state index is 0.614. The van der Waals surface area contributed by atoms with Crippen LogP contribution < -0.4 is 0 Å². The molecule has 2 heteroatoms. The third-order valence-corrected chi connectivity index (χ3v) is 9.33. The van der Waals surface area contributed by atoms with Crippen LogP contribution in [0.3, 0.4) is 0 Å². The maximum atomic E-state index is 4.64. The Labute approximate surface area is 213 Å². The molecule has 3 saturated heterocycles. The molecular formula is C34H33N2+. The van der Waals surface area contributed by atoms with Crippen molar-refractivity contribution in [2.75, 3.05) is 13.1 Å². The SMILES string of the molecule is C=C[C@H]1C[N@+]2(Cc3c4ccccc4cc4ccccc34)CC[C@H]1C[C@@H]2Cc1ccnc2ccccc12. The number of para-hydroxylation sites is 1. The van der Waals surface area contributed by atoms with Crippen LogP contribution in [-0.4, -0.2) is 28.6 Å². The molecule has 2 bridgehead atoms. The summed E-state index contributed by atoms with van der Waals surface area (Å²) in [4.78, 5) is 4.64. The molecule has 8 rings (SSSR count). The summed E-state index contributed by atoms with van der Waals surface area (Å²) in [6.07, 6.45) is 7.98. The van der Waals surface area contributed by atoms with Crippen molar-refractivity contribution in [1.82, 2.24) is 4.98 Å². The van der Waals surface area contributed by atoms with E-state index in [9.17, 15) is 0 Å². The van der Waals surface area contributed by atoms with E-state index < -0.39 is 0 Å². The second kappa shape index (κ2) is 8.57. The van der Waals surface area contributed by atoms with Gasteiger partial charge in [-0.15, -0.1) is 6.58 Å². The van der Waals surface area contributed by atoms with Gasteiger partial charge >= 0.3 is 0 Å². The molecule has 1 aromatic heterocycles. The van der Waals surface area contributed by atoms with Gasteiger partial charge in [0, 0.05) is 42.3 Å². The maximum Gasteiger partial charge on any atom is 0.106 e. The van der Waals surface area contributed by atoms with Gasteiger partial charge in [-0.25, -0.2) is 0 Å². The van der Waals surface area contributed by atoms with Gasteiger partial charge in [0.2, 0.25) is 0 Å². The van der Waals surface area contributed by atoms with E-state index in [-0.39, 0.29) is 0 Å². The molecule has 3 aliphatic heterocycles. The van der Waals surface area contributed by atoms with Crippen molar-refractivity contribution in [2.24, 2.45) is 11.8 Å². The summed E-state index contributed by atoms with van der Waals surface area (Å²) >= 11 is 0. The number of nitrogens with zero attached hydrogens (tertiary/aromatic N) is 2. The third-order valence-electron chi connectivity index (χ3n) is 9.33. The summed E-state index contributed by atoms with van der Waals surface area (Å²) in [7, 11) is 0. The largest absolute Gasteiger partial charge is 0.317 e. The summed E-state index contributed by atoms with van der Waals surface area (Å²) in [5.41, 5.74) is 4.09. The van der Waals surface area contributed by atoms with E-state index in [0.29, 0.717) is 12.0 Å². The Bertz CT molecular complexity index is 1540. The van der Waals surface area contributed by atoms with Gasteiger partial charge in [0.05, 0.1) is 24.6 Å². The highest BCUT2D eigenvalue weighted by Crippen LogP contribution is 2.46. The lowest BCUT2D eigenvalue weighted by molar-refractivity contribution is -0.980. The number of hydrogen-bond donors (Lipinski definition) is 0. The van der Waals surface area contributed by atoms with Crippen LogP contribution in [-0.2, 0) is 13.0 Å². The van der Waals surface area contributed by atoms with Gasteiger partial charge < -0.3 is 4.48 Å². The molecule has 2 nitrogen and oxygen atoms in total. The Hall–Kier alpha value is -3.49. The lowest BCUT2D eigenvalue weighted by atomic mass is 9.71. The van der Waals surface area contributed by atoms with Crippen LogP contribution in [0.1, 0.15) is 24.0 Å². The molecule has 36 heavy (non-hydrogen) atoms. The van der Waals surface area contributed by atoms with Crippen LogP contribution in [0.5, 0.6) is 0 Å². The molecule has 0 unspecified atom stereocenters. The number of rotatable bonds is 5. The normalized spacial score (nSPS) is 25.5. The Morgan fingerprint density at radius 2 is 1.56 bits per heavy atom. The minimum Gasteiger partial charge on any atom is -0.317 e. The Morgan fingerprint density at radius 1 is 0.861 bits per heavy atom. The lowest BCUT2D eigenvalue weighted by Crippen LogP contribution is -2.66. The Balaban J connectivity index is 1.36. The smallest absolute Gasteiger partial charge is 0.106 e. The van der Waals surface area contributed by atoms with Crippen LogP contribution in [0.4, 0.5) is 0 Å². The average molecular weight is 470 g/mol. The molecule has 0 spiro atoms. The summed E-state index contributed by atoms with van der Waals surface area (Å²) in [6.45, 7) is 7.83. The molecule has 4 heterocycles. The van der Waals surface area contributed by atoms with Gasteiger partial charge in [-0.3, -0.25) is 4.98 Å². The van der Waals surface area contributed by atoms with Gasteiger partial charge in [-0.2, -0.15) is 0 Å². The maximum absolute atomic E-state index is 4.64.